The highest BCUT2D eigenvalue weighted by Gasteiger charge is 2.33. The van der Waals surface area contributed by atoms with Crippen molar-refractivity contribution in [2.75, 3.05) is 0 Å². The normalized spacial score (nSPS) is 18.0. The monoisotopic (exact) mass is 305 g/mol. The first-order valence-electron chi connectivity index (χ1n) is 7.18. The zero-order chi connectivity index (χ0) is 16.3. The summed E-state index contributed by atoms with van der Waals surface area (Å²) in [7, 11) is 0. The summed E-state index contributed by atoms with van der Waals surface area (Å²) in [6, 6.07) is 3.60. The minimum absolute atomic E-state index is 0.00567. The van der Waals surface area contributed by atoms with E-state index in [-0.39, 0.29) is 22.9 Å². The van der Waals surface area contributed by atoms with Gasteiger partial charge >= 0.3 is 11.7 Å². The Hall–Kier alpha value is -2.37. The predicted molar refractivity (Wildman–Crippen MR) is 81.2 cm³/mol. The van der Waals surface area contributed by atoms with Gasteiger partial charge in [0, 0.05) is 18.1 Å². The molecule has 6 heteroatoms. The van der Waals surface area contributed by atoms with E-state index in [2.05, 4.69) is 12.2 Å². The molecule has 1 aliphatic rings. The third-order valence-electron chi connectivity index (χ3n) is 3.92. The van der Waals surface area contributed by atoms with E-state index >= 15 is 0 Å². The van der Waals surface area contributed by atoms with Crippen molar-refractivity contribution >= 4 is 11.7 Å². The number of hydrogen-bond acceptors (Lipinski definition) is 4. The first kappa shape index (κ1) is 16.0. The maximum atomic E-state index is 11.1. The molecule has 0 saturated carbocycles. The molecule has 0 aromatic heterocycles. The molecule has 1 N–H and O–H groups in total. The lowest BCUT2D eigenvalue weighted by molar-refractivity contribution is -0.386. The standard InChI is InChI=1S/C16H19NO5/c1-16(2,12-6-4-3-5-7-12)22-14-10-11(15(18)19)8-9-13(14)17(20)21/h4,6,8-10,12H,3,5,7H2,1-2H3,(H,18,19). The summed E-state index contributed by atoms with van der Waals surface area (Å²) in [6.45, 7) is 3.73. The fourth-order valence-electron chi connectivity index (χ4n) is 2.63. The lowest BCUT2D eigenvalue weighted by Gasteiger charge is -2.34. The summed E-state index contributed by atoms with van der Waals surface area (Å²) in [5.74, 6) is -1.02. The van der Waals surface area contributed by atoms with Crippen molar-refractivity contribution in [2.45, 2.75) is 38.7 Å². The van der Waals surface area contributed by atoms with Crippen molar-refractivity contribution in [3.63, 3.8) is 0 Å². The van der Waals surface area contributed by atoms with Gasteiger partial charge in [-0.25, -0.2) is 4.79 Å². The molecule has 22 heavy (non-hydrogen) atoms. The second kappa shape index (κ2) is 6.17. The van der Waals surface area contributed by atoms with Crippen LogP contribution < -0.4 is 4.74 Å². The first-order chi connectivity index (χ1) is 10.3. The van der Waals surface area contributed by atoms with Crippen molar-refractivity contribution in [3.05, 3.63) is 46.0 Å². The largest absolute Gasteiger partial charge is 0.480 e. The smallest absolute Gasteiger partial charge is 0.335 e. The highest BCUT2D eigenvalue weighted by atomic mass is 16.6. The second-order valence-electron chi connectivity index (χ2n) is 5.92. The number of rotatable bonds is 5. The Morgan fingerprint density at radius 3 is 2.73 bits per heavy atom. The van der Waals surface area contributed by atoms with E-state index in [1.165, 1.54) is 18.2 Å². The number of ether oxygens (including phenoxy) is 1. The van der Waals surface area contributed by atoms with Gasteiger partial charge in [0.2, 0.25) is 0 Å². The number of benzene rings is 1. The predicted octanol–water partition coefficient (Wildman–Crippen LogP) is 3.81. The van der Waals surface area contributed by atoms with Gasteiger partial charge in [0.1, 0.15) is 5.60 Å². The van der Waals surface area contributed by atoms with Gasteiger partial charge in [-0.3, -0.25) is 10.1 Å². The van der Waals surface area contributed by atoms with Crippen LogP contribution in [-0.4, -0.2) is 21.6 Å². The Bertz CT molecular complexity index is 621. The van der Waals surface area contributed by atoms with Gasteiger partial charge in [0.25, 0.3) is 0 Å². The molecule has 1 atom stereocenters. The number of hydrogen-bond donors (Lipinski definition) is 1. The summed E-state index contributed by atoms with van der Waals surface area (Å²) in [5, 5.41) is 20.2. The summed E-state index contributed by atoms with van der Waals surface area (Å²) in [4.78, 5) is 21.6. The minimum Gasteiger partial charge on any atom is -0.480 e. The fourth-order valence-corrected chi connectivity index (χ4v) is 2.63. The van der Waals surface area contributed by atoms with Crippen molar-refractivity contribution < 1.29 is 19.6 Å². The van der Waals surface area contributed by atoms with Gasteiger partial charge in [-0.05, 0) is 39.2 Å². The molecule has 1 aromatic carbocycles. The van der Waals surface area contributed by atoms with Crippen LogP contribution in [-0.2, 0) is 0 Å². The van der Waals surface area contributed by atoms with Crippen molar-refractivity contribution in [3.8, 4) is 5.75 Å². The molecule has 118 valence electrons. The topological polar surface area (TPSA) is 89.7 Å². The van der Waals surface area contributed by atoms with Crippen LogP contribution in [0.15, 0.2) is 30.4 Å². The summed E-state index contributed by atoms with van der Waals surface area (Å²) in [5.41, 5.74) is -0.910. The zero-order valence-electron chi connectivity index (χ0n) is 12.6. The van der Waals surface area contributed by atoms with E-state index in [1.54, 1.807) is 0 Å². The molecule has 1 aromatic rings. The van der Waals surface area contributed by atoms with Crippen LogP contribution in [0.5, 0.6) is 5.75 Å². The van der Waals surface area contributed by atoms with Crippen LogP contribution in [0.4, 0.5) is 5.69 Å². The van der Waals surface area contributed by atoms with E-state index in [9.17, 15) is 14.9 Å². The van der Waals surface area contributed by atoms with Crippen LogP contribution in [0.3, 0.4) is 0 Å². The third-order valence-corrected chi connectivity index (χ3v) is 3.92. The lowest BCUT2D eigenvalue weighted by Crippen LogP contribution is -2.37. The molecule has 0 bridgehead atoms. The number of nitro groups is 1. The second-order valence-corrected chi connectivity index (χ2v) is 5.92. The van der Waals surface area contributed by atoms with Gasteiger partial charge in [0.05, 0.1) is 10.5 Å². The highest BCUT2D eigenvalue weighted by Crippen LogP contribution is 2.36. The van der Waals surface area contributed by atoms with Gasteiger partial charge in [-0.15, -0.1) is 0 Å². The van der Waals surface area contributed by atoms with Crippen molar-refractivity contribution in [1.82, 2.24) is 0 Å². The molecule has 6 nitrogen and oxygen atoms in total. The molecule has 0 fully saturated rings. The number of carboxylic acid groups (broad SMARTS) is 1. The maximum absolute atomic E-state index is 11.1. The molecular formula is C16H19NO5. The van der Waals surface area contributed by atoms with E-state index < -0.39 is 16.5 Å². The van der Waals surface area contributed by atoms with Crippen LogP contribution in [0.25, 0.3) is 0 Å². The van der Waals surface area contributed by atoms with Gasteiger partial charge in [-0.1, -0.05) is 12.2 Å². The van der Waals surface area contributed by atoms with E-state index in [0.717, 1.165) is 19.3 Å². The van der Waals surface area contributed by atoms with E-state index in [4.69, 9.17) is 9.84 Å². The molecule has 2 rings (SSSR count). The molecule has 0 heterocycles. The summed E-state index contributed by atoms with van der Waals surface area (Å²) in [6.07, 6.45) is 7.17. The van der Waals surface area contributed by atoms with Crippen LogP contribution in [0.1, 0.15) is 43.5 Å². The summed E-state index contributed by atoms with van der Waals surface area (Å²) >= 11 is 0. The molecule has 1 unspecified atom stereocenters. The SMILES string of the molecule is CC(C)(Oc1cc(C(=O)O)ccc1[N+](=O)[O-])C1C=CCCC1. The number of nitro benzene ring substituents is 1. The molecule has 0 spiro atoms. The van der Waals surface area contributed by atoms with E-state index in [1.807, 2.05) is 13.8 Å². The average Bonchev–Trinajstić information content (AvgIpc) is 2.47. The Morgan fingerprint density at radius 2 is 2.18 bits per heavy atom. The van der Waals surface area contributed by atoms with Gasteiger partial charge in [0.15, 0.2) is 5.75 Å². The lowest BCUT2D eigenvalue weighted by atomic mass is 9.83. The molecule has 0 radical (unpaired) electrons. The maximum Gasteiger partial charge on any atom is 0.335 e. The van der Waals surface area contributed by atoms with Crippen molar-refractivity contribution in [2.24, 2.45) is 5.92 Å². The third kappa shape index (κ3) is 3.44. The number of carboxylic acids is 1. The number of nitrogens with zero attached hydrogens (tertiary/aromatic N) is 1. The average molecular weight is 305 g/mol. The fraction of sp³-hybridized carbons (Fsp3) is 0.438. The van der Waals surface area contributed by atoms with Crippen LogP contribution in [0, 0.1) is 16.0 Å². The minimum atomic E-state index is -1.14. The molecule has 0 amide bonds. The zero-order valence-corrected chi connectivity index (χ0v) is 12.6. The number of allylic oxidation sites excluding steroid dienone is 1. The molecule has 0 aliphatic heterocycles. The van der Waals surface area contributed by atoms with Crippen LogP contribution in [0.2, 0.25) is 0 Å². The van der Waals surface area contributed by atoms with E-state index in [0.29, 0.717) is 0 Å². The van der Waals surface area contributed by atoms with Crippen molar-refractivity contribution in [1.29, 1.82) is 0 Å². The van der Waals surface area contributed by atoms with Gasteiger partial charge in [-0.2, -0.15) is 0 Å². The van der Waals surface area contributed by atoms with Gasteiger partial charge < -0.3 is 9.84 Å². The molecular weight excluding hydrogens is 286 g/mol. The number of carbonyl (C=O) groups is 1. The molecule has 1 aliphatic carbocycles. The van der Waals surface area contributed by atoms with Crippen LogP contribution >= 0.6 is 0 Å². The number of aromatic carboxylic acids is 1. The summed E-state index contributed by atoms with van der Waals surface area (Å²) < 4.78 is 5.87. The Kier molecular flexibility index (Phi) is 4.49. The quantitative estimate of drug-likeness (QED) is 0.507. The highest BCUT2D eigenvalue weighted by molar-refractivity contribution is 5.88. The molecule has 0 saturated heterocycles. The Balaban J connectivity index is 2.35. The Labute approximate surface area is 128 Å². The Morgan fingerprint density at radius 1 is 1.45 bits per heavy atom. The first-order valence-corrected chi connectivity index (χ1v) is 7.18.